The van der Waals surface area contributed by atoms with Crippen LogP contribution in [0.4, 0.5) is 5.69 Å². The van der Waals surface area contributed by atoms with Gasteiger partial charge in [-0.25, -0.2) is 0 Å². The molecule has 0 spiro atoms. The second kappa shape index (κ2) is 7.04. The molecule has 1 N–H and O–H groups in total. The fourth-order valence-corrected chi connectivity index (χ4v) is 2.20. The van der Waals surface area contributed by atoms with E-state index in [9.17, 15) is 9.59 Å². The molecule has 0 radical (unpaired) electrons. The van der Waals surface area contributed by atoms with Crippen molar-refractivity contribution in [3.63, 3.8) is 0 Å². The Balaban J connectivity index is 2.32. The third-order valence-electron chi connectivity index (χ3n) is 3.18. The van der Waals surface area contributed by atoms with Crippen molar-refractivity contribution < 1.29 is 14.3 Å². The number of carbonyl (C=O) groups excluding carboxylic acids is 2. The van der Waals surface area contributed by atoms with Crippen molar-refractivity contribution in [2.75, 3.05) is 12.4 Å². The quantitative estimate of drug-likeness (QED) is 0.695. The smallest absolute Gasteiger partial charge is 0.322 e. The first-order valence-corrected chi connectivity index (χ1v) is 6.95. The minimum Gasteiger partial charge on any atom is -0.468 e. The maximum Gasteiger partial charge on any atom is 0.322 e. The monoisotopic (exact) mass is 318 g/mol. The number of esters is 1. The van der Waals surface area contributed by atoms with Crippen molar-refractivity contribution in [3.8, 4) is 0 Å². The molecule has 0 fully saturated rings. The number of carbonyl (C=O) groups is 2. The van der Waals surface area contributed by atoms with Crippen LogP contribution in [-0.2, 0) is 14.3 Å². The lowest BCUT2D eigenvalue weighted by Crippen LogP contribution is -2.29. The van der Waals surface area contributed by atoms with Gasteiger partial charge >= 0.3 is 5.97 Å². The van der Waals surface area contributed by atoms with E-state index >= 15 is 0 Å². The summed E-state index contributed by atoms with van der Waals surface area (Å²) in [7, 11) is 1.24. The lowest BCUT2D eigenvalue weighted by Gasteiger charge is -2.16. The van der Waals surface area contributed by atoms with E-state index in [4.69, 9.17) is 16.3 Å². The molecule has 0 bridgehead atoms. The predicted octanol–water partition coefficient (Wildman–Crippen LogP) is 2.94. The van der Waals surface area contributed by atoms with Gasteiger partial charge in [-0.15, -0.1) is 0 Å². The van der Waals surface area contributed by atoms with Crippen LogP contribution in [0.1, 0.15) is 17.0 Å². The van der Waals surface area contributed by atoms with Gasteiger partial charge in [0.15, 0.2) is 5.92 Å². The Morgan fingerprint density at radius 2 is 2.09 bits per heavy atom. The van der Waals surface area contributed by atoms with E-state index in [0.717, 1.165) is 5.56 Å². The fourth-order valence-electron chi connectivity index (χ4n) is 2.00. The summed E-state index contributed by atoms with van der Waals surface area (Å²) >= 11 is 5.93. The van der Waals surface area contributed by atoms with Crippen molar-refractivity contribution in [2.24, 2.45) is 0 Å². The molecule has 0 unspecified atom stereocenters. The fraction of sp³-hybridized carbons (Fsp3) is 0.188. The number of amides is 1. The molecule has 1 amide bonds. The average molecular weight is 319 g/mol. The summed E-state index contributed by atoms with van der Waals surface area (Å²) in [5.41, 5.74) is 1.86. The molecule has 0 aliphatic rings. The first kappa shape index (κ1) is 16.0. The highest BCUT2D eigenvalue weighted by atomic mass is 35.5. The van der Waals surface area contributed by atoms with Crippen molar-refractivity contribution in [3.05, 3.63) is 58.9 Å². The van der Waals surface area contributed by atoms with Gasteiger partial charge in [-0.3, -0.25) is 14.6 Å². The van der Waals surface area contributed by atoms with Gasteiger partial charge in [0.1, 0.15) is 0 Å². The molecular weight excluding hydrogens is 304 g/mol. The summed E-state index contributed by atoms with van der Waals surface area (Å²) in [5.74, 6) is -2.24. The van der Waals surface area contributed by atoms with Crippen LogP contribution in [0.15, 0.2) is 42.7 Å². The Labute approximate surface area is 133 Å². The van der Waals surface area contributed by atoms with Crippen LogP contribution in [0, 0.1) is 6.92 Å². The first-order chi connectivity index (χ1) is 10.5. The number of hydrogen-bond donors (Lipinski definition) is 1. The molecule has 114 valence electrons. The number of rotatable bonds is 4. The molecule has 5 nitrogen and oxygen atoms in total. The van der Waals surface area contributed by atoms with Crippen LogP contribution in [0.25, 0.3) is 0 Å². The van der Waals surface area contributed by atoms with Crippen molar-refractivity contribution in [1.29, 1.82) is 0 Å². The summed E-state index contributed by atoms with van der Waals surface area (Å²) < 4.78 is 4.74. The van der Waals surface area contributed by atoms with Crippen molar-refractivity contribution >= 4 is 29.2 Å². The second-order valence-corrected chi connectivity index (χ2v) is 5.13. The van der Waals surface area contributed by atoms with Crippen LogP contribution in [0.2, 0.25) is 5.02 Å². The molecule has 0 saturated carbocycles. The van der Waals surface area contributed by atoms with Crippen LogP contribution in [0.5, 0.6) is 0 Å². The number of anilines is 1. The molecule has 1 heterocycles. The number of aromatic nitrogens is 1. The molecule has 0 aliphatic carbocycles. The maximum absolute atomic E-state index is 12.5. The number of ether oxygens (including phenoxy) is 1. The third kappa shape index (κ3) is 3.62. The van der Waals surface area contributed by atoms with Gasteiger partial charge in [-0.1, -0.05) is 23.7 Å². The van der Waals surface area contributed by atoms with E-state index in [1.807, 2.05) is 6.92 Å². The molecule has 1 atom stereocenters. The van der Waals surface area contributed by atoms with E-state index in [1.54, 1.807) is 36.5 Å². The van der Waals surface area contributed by atoms with Crippen LogP contribution in [-0.4, -0.2) is 24.0 Å². The van der Waals surface area contributed by atoms with Crippen molar-refractivity contribution in [2.45, 2.75) is 12.8 Å². The molecular formula is C16H15ClN2O3. The van der Waals surface area contributed by atoms with Gasteiger partial charge in [-0.2, -0.15) is 0 Å². The molecule has 0 saturated heterocycles. The number of benzene rings is 1. The largest absolute Gasteiger partial charge is 0.468 e. The first-order valence-electron chi connectivity index (χ1n) is 6.57. The van der Waals surface area contributed by atoms with Gasteiger partial charge in [-0.05, 0) is 36.2 Å². The van der Waals surface area contributed by atoms with E-state index < -0.39 is 17.8 Å². The zero-order valence-corrected chi connectivity index (χ0v) is 12.9. The Kier molecular flexibility index (Phi) is 5.12. The van der Waals surface area contributed by atoms with Gasteiger partial charge < -0.3 is 10.1 Å². The minimum atomic E-state index is -1.09. The van der Waals surface area contributed by atoms with Gasteiger partial charge in [0.2, 0.25) is 5.91 Å². The summed E-state index contributed by atoms with van der Waals surface area (Å²) in [6.07, 6.45) is 3.15. The summed E-state index contributed by atoms with van der Waals surface area (Å²) in [6.45, 7) is 1.84. The van der Waals surface area contributed by atoms with Crippen LogP contribution >= 0.6 is 11.6 Å². The average Bonchev–Trinajstić information content (AvgIpc) is 2.49. The summed E-state index contributed by atoms with van der Waals surface area (Å²) in [5, 5.41) is 3.14. The molecule has 22 heavy (non-hydrogen) atoms. The Morgan fingerprint density at radius 1 is 1.32 bits per heavy atom. The number of nitrogens with zero attached hydrogens (tertiary/aromatic N) is 1. The number of methoxy groups -OCH3 is 1. The van der Waals surface area contributed by atoms with E-state index in [0.29, 0.717) is 16.3 Å². The van der Waals surface area contributed by atoms with Gasteiger partial charge in [0.05, 0.1) is 19.0 Å². The summed E-state index contributed by atoms with van der Waals surface area (Å²) in [6, 6.07) is 8.34. The SMILES string of the molecule is COC(=O)[C@@H](C(=O)Nc1cnccc1C)c1cccc(Cl)c1. The third-order valence-corrected chi connectivity index (χ3v) is 3.41. The maximum atomic E-state index is 12.5. The zero-order valence-electron chi connectivity index (χ0n) is 12.2. The molecule has 2 aromatic rings. The Hall–Kier alpha value is -2.40. The Morgan fingerprint density at radius 3 is 2.73 bits per heavy atom. The molecule has 1 aromatic carbocycles. The Bertz CT molecular complexity index is 703. The van der Waals surface area contributed by atoms with E-state index in [-0.39, 0.29) is 0 Å². The van der Waals surface area contributed by atoms with Crippen LogP contribution in [0.3, 0.4) is 0 Å². The number of halogens is 1. The lowest BCUT2D eigenvalue weighted by molar-refractivity contribution is -0.145. The highest BCUT2D eigenvalue weighted by molar-refractivity contribution is 6.30. The standard InChI is InChI=1S/C16H15ClN2O3/c1-10-6-7-18-9-13(10)19-15(20)14(16(21)22-2)11-4-3-5-12(17)8-11/h3-9,14H,1-2H3,(H,19,20)/t14-/m1/s1. The second-order valence-electron chi connectivity index (χ2n) is 4.69. The summed E-state index contributed by atoms with van der Waals surface area (Å²) in [4.78, 5) is 28.5. The predicted molar refractivity (Wildman–Crippen MR) is 83.8 cm³/mol. The van der Waals surface area contributed by atoms with Gasteiger partial charge in [0, 0.05) is 11.2 Å². The highest BCUT2D eigenvalue weighted by Gasteiger charge is 2.30. The lowest BCUT2D eigenvalue weighted by atomic mass is 9.98. The van der Waals surface area contributed by atoms with Crippen LogP contribution < -0.4 is 5.32 Å². The zero-order chi connectivity index (χ0) is 16.1. The molecule has 1 aromatic heterocycles. The molecule has 2 rings (SSSR count). The molecule has 0 aliphatic heterocycles. The van der Waals surface area contributed by atoms with Crippen molar-refractivity contribution in [1.82, 2.24) is 4.98 Å². The number of pyridine rings is 1. The highest BCUT2D eigenvalue weighted by Crippen LogP contribution is 2.23. The van der Waals surface area contributed by atoms with E-state index in [2.05, 4.69) is 10.3 Å². The van der Waals surface area contributed by atoms with E-state index in [1.165, 1.54) is 13.3 Å². The topological polar surface area (TPSA) is 68.3 Å². The number of aryl methyl sites for hydroxylation is 1. The molecule has 6 heteroatoms. The number of nitrogens with one attached hydrogen (secondary N) is 1. The number of hydrogen-bond acceptors (Lipinski definition) is 4. The van der Waals surface area contributed by atoms with Gasteiger partial charge in [0.25, 0.3) is 0 Å². The minimum absolute atomic E-state index is 0.441. The normalized spacial score (nSPS) is 11.6.